The Balaban J connectivity index is 2.70. The van der Waals surface area contributed by atoms with Crippen LogP contribution in [0.1, 0.15) is 6.42 Å². The Morgan fingerprint density at radius 2 is 2.12 bits per heavy atom. The van der Waals surface area contributed by atoms with Crippen LogP contribution in [0.25, 0.3) is 0 Å². The smallest absolute Gasteiger partial charge is 0.294 e. The Bertz CT molecular complexity index is 751. The molecule has 1 aromatic rings. The van der Waals surface area contributed by atoms with Crippen molar-refractivity contribution in [1.29, 1.82) is 5.26 Å². The highest BCUT2D eigenvalue weighted by molar-refractivity contribution is 7.85. The zero-order chi connectivity index (χ0) is 18.2. The second-order valence-corrected chi connectivity index (χ2v) is 6.66. The highest BCUT2D eigenvalue weighted by atomic mass is 32.2. The molecule has 0 heterocycles. The van der Waals surface area contributed by atoms with Crippen LogP contribution in [0.4, 0.5) is 5.69 Å². The van der Waals surface area contributed by atoms with Crippen LogP contribution >= 0.6 is 0 Å². The number of nitriles is 1. The summed E-state index contributed by atoms with van der Waals surface area (Å²) in [4.78, 5) is 13.7. The third-order valence-corrected chi connectivity index (χ3v) is 3.78. The zero-order valence-corrected chi connectivity index (χ0v) is 14.3. The van der Waals surface area contributed by atoms with Crippen molar-refractivity contribution in [2.24, 2.45) is 0 Å². The first-order chi connectivity index (χ1) is 11.2. The van der Waals surface area contributed by atoms with E-state index in [1.165, 1.54) is 24.4 Å². The topological polar surface area (TPSA) is 123 Å². The second kappa shape index (κ2) is 9.02. The molecule has 0 fully saturated rings. The van der Waals surface area contributed by atoms with Gasteiger partial charge < -0.3 is 15.5 Å². The third kappa shape index (κ3) is 6.78. The number of carbonyl (C=O) groups is 1. The summed E-state index contributed by atoms with van der Waals surface area (Å²) in [5, 5.41) is 14.3. The molecular formula is C15H20N4O4S. The molecule has 0 spiro atoms. The normalized spacial score (nSPS) is 11.9. The number of nitrogens with zero attached hydrogens (tertiary/aromatic N) is 2. The standard InChI is InChI=1S/C15H20N4O4S/c1-19(2)8-4-7-17-11-12(10-16)15(20)18-13-5-3-6-14(9-13)24(21,22)23/h3,5-6,9,11,17H,4,7-8H2,1-2H3,(H,18,20)(H,21,22,23)/b12-11-. The molecule has 0 aliphatic carbocycles. The van der Waals surface area contributed by atoms with Crippen LogP contribution in [0, 0.1) is 11.3 Å². The van der Waals surface area contributed by atoms with E-state index in [1.54, 1.807) is 6.07 Å². The minimum absolute atomic E-state index is 0.142. The number of hydrogen-bond donors (Lipinski definition) is 3. The Kier molecular flexibility index (Phi) is 7.38. The molecule has 0 saturated heterocycles. The van der Waals surface area contributed by atoms with Crippen LogP contribution < -0.4 is 10.6 Å². The second-order valence-electron chi connectivity index (χ2n) is 5.24. The number of nitrogens with one attached hydrogen (secondary N) is 2. The number of amides is 1. The maximum atomic E-state index is 12.0. The van der Waals surface area contributed by atoms with Crippen LogP contribution in [0.2, 0.25) is 0 Å². The highest BCUT2D eigenvalue weighted by Crippen LogP contribution is 2.15. The predicted octanol–water partition coefficient (Wildman–Crippen LogP) is 0.821. The zero-order valence-electron chi connectivity index (χ0n) is 13.5. The highest BCUT2D eigenvalue weighted by Gasteiger charge is 2.13. The molecule has 0 aliphatic heterocycles. The Morgan fingerprint density at radius 3 is 2.71 bits per heavy atom. The van der Waals surface area contributed by atoms with Gasteiger partial charge in [0.2, 0.25) is 0 Å². The molecule has 8 nitrogen and oxygen atoms in total. The van der Waals surface area contributed by atoms with Crippen LogP contribution in [0.15, 0.2) is 40.9 Å². The van der Waals surface area contributed by atoms with Gasteiger partial charge in [-0.15, -0.1) is 0 Å². The molecule has 0 aromatic heterocycles. The number of anilines is 1. The SMILES string of the molecule is CN(C)CCCN/C=C(/C#N)C(=O)Nc1cccc(S(=O)(=O)O)c1. The monoisotopic (exact) mass is 352 g/mol. The van der Waals surface area contributed by atoms with E-state index in [9.17, 15) is 13.2 Å². The minimum Gasteiger partial charge on any atom is -0.390 e. The van der Waals surface area contributed by atoms with Crippen molar-refractivity contribution in [2.75, 3.05) is 32.5 Å². The predicted molar refractivity (Wildman–Crippen MR) is 89.8 cm³/mol. The van der Waals surface area contributed by atoms with E-state index < -0.39 is 16.0 Å². The lowest BCUT2D eigenvalue weighted by molar-refractivity contribution is -0.112. The fraction of sp³-hybridized carbons (Fsp3) is 0.333. The molecule has 0 radical (unpaired) electrons. The summed E-state index contributed by atoms with van der Waals surface area (Å²) in [6.45, 7) is 1.48. The molecule has 1 aromatic carbocycles. The van der Waals surface area contributed by atoms with Gasteiger partial charge >= 0.3 is 0 Å². The lowest BCUT2D eigenvalue weighted by atomic mass is 10.2. The summed E-state index contributed by atoms with van der Waals surface area (Å²) < 4.78 is 31.1. The molecule has 0 unspecified atom stereocenters. The molecule has 0 bridgehead atoms. The fourth-order valence-corrected chi connectivity index (χ4v) is 2.28. The van der Waals surface area contributed by atoms with Gasteiger partial charge in [0.05, 0.1) is 4.90 Å². The van der Waals surface area contributed by atoms with E-state index in [0.29, 0.717) is 6.54 Å². The summed E-state index contributed by atoms with van der Waals surface area (Å²) in [5.74, 6) is -0.676. The lowest BCUT2D eigenvalue weighted by Gasteiger charge is -2.09. The average Bonchev–Trinajstić information content (AvgIpc) is 2.50. The summed E-state index contributed by atoms with van der Waals surface area (Å²) in [6.07, 6.45) is 2.16. The average molecular weight is 352 g/mol. The van der Waals surface area contributed by atoms with Gasteiger partial charge in [0, 0.05) is 18.4 Å². The molecule has 1 amide bonds. The van der Waals surface area contributed by atoms with E-state index in [1.807, 2.05) is 19.0 Å². The number of benzene rings is 1. The number of rotatable bonds is 8. The van der Waals surface area contributed by atoms with Crippen molar-refractivity contribution < 1.29 is 17.8 Å². The lowest BCUT2D eigenvalue weighted by Crippen LogP contribution is -2.20. The van der Waals surface area contributed by atoms with Crippen LogP contribution in [0.3, 0.4) is 0 Å². The van der Waals surface area contributed by atoms with Crippen molar-refractivity contribution in [1.82, 2.24) is 10.2 Å². The summed E-state index contributed by atoms with van der Waals surface area (Å²) in [7, 11) is -0.464. The van der Waals surface area contributed by atoms with Gasteiger partial charge in [-0.2, -0.15) is 13.7 Å². The van der Waals surface area contributed by atoms with Crippen LogP contribution in [-0.4, -0.2) is 51.0 Å². The Labute approximate surface area is 141 Å². The molecular weight excluding hydrogens is 332 g/mol. The van der Waals surface area contributed by atoms with Gasteiger partial charge in [0.25, 0.3) is 16.0 Å². The van der Waals surface area contributed by atoms with Crippen LogP contribution in [-0.2, 0) is 14.9 Å². The summed E-state index contributed by atoms with van der Waals surface area (Å²) >= 11 is 0. The fourth-order valence-electron chi connectivity index (χ4n) is 1.75. The summed E-state index contributed by atoms with van der Waals surface area (Å²) in [5.41, 5.74) is 0.0148. The number of carbonyl (C=O) groups excluding carboxylic acids is 1. The van der Waals surface area contributed by atoms with Crippen molar-refractivity contribution in [3.8, 4) is 6.07 Å². The largest absolute Gasteiger partial charge is 0.390 e. The molecule has 9 heteroatoms. The van der Waals surface area contributed by atoms with Crippen molar-refractivity contribution in [3.63, 3.8) is 0 Å². The van der Waals surface area contributed by atoms with E-state index in [2.05, 4.69) is 10.6 Å². The van der Waals surface area contributed by atoms with Crippen molar-refractivity contribution >= 4 is 21.7 Å². The molecule has 1 rings (SSSR count). The molecule has 24 heavy (non-hydrogen) atoms. The minimum atomic E-state index is -4.36. The van der Waals surface area contributed by atoms with Gasteiger partial charge in [0.1, 0.15) is 11.6 Å². The maximum absolute atomic E-state index is 12.0. The molecule has 0 aliphatic rings. The molecule has 0 atom stereocenters. The molecule has 0 saturated carbocycles. The maximum Gasteiger partial charge on any atom is 0.294 e. The molecule has 3 N–H and O–H groups in total. The van der Waals surface area contributed by atoms with E-state index in [4.69, 9.17) is 9.81 Å². The van der Waals surface area contributed by atoms with E-state index in [-0.39, 0.29) is 16.2 Å². The summed E-state index contributed by atoms with van der Waals surface area (Å²) in [6, 6.07) is 6.89. The third-order valence-electron chi connectivity index (χ3n) is 2.93. The van der Waals surface area contributed by atoms with Gasteiger partial charge in [-0.25, -0.2) is 0 Å². The number of hydrogen-bond acceptors (Lipinski definition) is 6. The van der Waals surface area contributed by atoms with Gasteiger partial charge in [-0.3, -0.25) is 9.35 Å². The van der Waals surface area contributed by atoms with E-state index in [0.717, 1.165) is 19.0 Å². The Morgan fingerprint density at radius 1 is 1.42 bits per heavy atom. The quantitative estimate of drug-likeness (QED) is 0.274. The Hall–Kier alpha value is -2.41. The van der Waals surface area contributed by atoms with Gasteiger partial charge in [0.15, 0.2) is 0 Å². The van der Waals surface area contributed by atoms with E-state index >= 15 is 0 Å². The van der Waals surface area contributed by atoms with Gasteiger partial charge in [-0.1, -0.05) is 6.07 Å². The van der Waals surface area contributed by atoms with Crippen molar-refractivity contribution in [2.45, 2.75) is 11.3 Å². The molecule has 130 valence electrons. The first-order valence-electron chi connectivity index (χ1n) is 7.11. The first-order valence-corrected chi connectivity index (χ1v) is 8.55. The first kappa shape index (κ1) is 19.6. The van der Waals surface area contributed by atoms with Crippen molar-refractivity contribution in [3.05, 3.63) is 36.0 Å². The van der Waals surface area contributed by atoms with Crippen LogP contribution in [0.5, 0.6) is 0 Å². The van der Waals surface area contributed by atoms with Gasteiger partial charge in [-0.05, 0) is 45.3 Å².